The zero-order valence-corrected chi connectivity index (χ0v) is 17.7. The zero-order valence-electron chi connectivity index (χ0n) is 17.7. The van der Waals surface area contributed by atoms with Crippen LogP contribution in [0.25, 0.3) is 11.3 Å². The molecule has 0 unspecified atom stereocenters. The molecule has 1 aliphatic heterocycles. The summed E-state index contributed by atoms with van der Waals surface area (Å²) in [5.41, 5.74) is 6.71. The van der Waals surface area contributed by atoms with Crippen LogP contribution in [0.4, 0.5) is 13.2 Å². The van der Waals surface area contributed by atoms with Gasteiger partial charge in [-0.3, -0.25) is 14.6 Å². The predicted molar refractivity (Wildman–Crippen MR) is 110 cm³/mol. The Labute approximate surface area is 182 Å². The molecule has 0 amide bonds. The second-order valence-electron chi connectivity index (χ2n) is 7.40. The molecule has 0 aromatic carbocycles. The quantitative estimate of drug-likeness (QED) is 0.658. The Kier molecular flexibility index (Phi) is 7.18. The van der Waals surface area contributed by atoms with Gasteiger partial charge in [-0.2, -0.15) is 18.3 Å². The van der Waals surface area contributed by atoms with Gasteiger partial charge in [-0.05, 0) is 25.5 Å². The number of aromatic nitrogens is 5. The first kappa shape index (κ1) is 23.3. The number of pyridine rings is 1. The highest BCUT2D eigenvalue weighted by molar-refractivity contribution is 5.73. The van der Waals surface area contributed by atoms with Crippen molar-refractivity contribution in [2.45, 2.75) is 32.5 Å². The fraction of sp³-hybridized carbons (Fsp3) is 0.381. The van der Waals surface area contributed by atoms with Crippen molar-refractivity contribution >= 4 is 5.97 Å². The maximum Gasteiger partial charge on any atom is 0.490 e. The third kappa shape index (κ3) is 6.10. The number of rotatable bonds is 3. The van der Waals surface area contributed by atoms with E-state index in [0.29, 0.717) is 0 Å². The van der Waals surface area contributed by atoms with Crippen LogP contribution in [-0.2, 0) is 31.2 Å². The van der Waals surface area contributed by atoms with E-state index in [4.69, 9.17) is 9.90 Å². The first-order valence-electron chi connectivity index (χ1n) is 9.90. The minimum absolute atomic E-state index is 0.880. The molecule has 32 heavy (non-hydrogen) atoms. The second-order valence-corrected chi connectivity index (χ2v) is 7.40. The van der Waals surface area contributed by atoms with Crippen LogP contribution in [-0.4, -0.2) is 60.0 Å². The van der Waals surface area contributed by atoms with Gasteiger partial charge < -0.3 is 5.11 Å². The van der Waals surface area contributed by atoms with Crippen LogP contribution >= 0.6 is 0 Å². The standard InChI is InChI=1S/C19H22N6.C2HF3O2/c1-14-4-3-5-16(23-14)12-25-8-6-17-18(7-9-25)20-13-21-19(17)15-10-22-24(2)11-15;3-2(4,5)1(6)7/h3-5,10-11,13H,6-9,12H2,1-2H3;(H,6,7). The number of aryl methyl sites for hydroxylation is 2. The second kappa shape index (κ2) is 9.86. The number of aliphatic carboxylic acids is 1. The number of carboxylic acids is 1. The van der Waals surface area contributed by atoms with Gasteiger partial charge in [-0.15, -0.1) is 0 Å². The maximum atomic E-state index is 10.6. The summed E-state index contributed by atoms with van der Waals surface area (Å²) in [5, 5.41) is 11.4. The van der Waals surface area contributed by atoms with Crippen molar-refractivity contribution in [1.82, 2.24) is 29.6 Å². The third-order valence-corrected chi connectivity index (χ3v) is 4.93. The van der Waals surface area contributed by atoms with E-state index in [2.05, 4.69) is 37.1 Å². The maximum absolute atomic E-state index is 10.6. The first-order chi connectivity index (χ1) is 15.1. The van der Waals surface area contributed by atoms with Gasteiger partial charge in [0.2, 0.25) is 0 Å². The van der Waals surface area contributed by atoms with Crippen molar-refractivity contribution in [2.24, 2.45) is 7.05 Å². The van der Waals surface area contributed by atoms with Crippen LogP contribution in [0.3, 0.4) is 0 Å². The summed E-state index contributed by atoms with van der Waals surface area (Å²) in [6, 6.07) is 6.22. The predicted octanol–water partition coefficient (Wildman–Crippen LogP) is 2.81. The molecule has 0 saturated carbocycles. The molecule has 0 spiro atoms. The van der Waals surface area contributed by atoms with Gasteiger partial charge in [0.1, 0.15) is 6.33 Å². The molecule has 0 bridgehead atoms. The molecule has 8 nitrogen and oxygen atoms in total. The van der Waals surface area contributed by atoms with E-state index < -0.39 is 12.1 Å². The molecule has 0 aliphatic carbocycles. The molecule has 0 atom stereocenters. The molecule has 4 heterocycles. The largest absolute Gasteiger partial charge is 0.490 e. The molecule has 0 saturated heterocycles. The van der Waals surface area contributed by atoms with Crippen molar-refractivity contribution in [2.75, 3.05) is 13.1 Å². The van der Waals surface area contributed by atoms with Gasteiger partial charge in [0.25, 0.3) is 0 Å². The van der Waals surface area contributed by atoms with Crippen LogP contribution in [0.15, 0.2) is 36.9 Å². The Morgan fingerprint density at radius 3 is 2.53 bits per heavy atom. The van der Waals surface area contributed by atoms with Crippen molar-refractivity contribution < 1.29 is 23.1 Å². The van der Waals surface area contributed by atoms with E-state index in [1.807, 2.05) is 37.1 Å². The fourth-order valence-electron chi connectivity index (χ4n) is 3.44. The van der Waals surface area contributed by atoms with E-state index in [-0.39, 0.29) is 0 Å². The van der Waals surface area contributed by atoms with Crippen molar-refractivity contribution in [3.63, 3.8) is 0 Å². The number of halogens is 3. The van der Waals surface area contributed by atoms with Crippen LogP contribution in [0.2, 0.25) is 0 Å². The van der Waals surface area contributed by atoms with Gasteiger partial charge in [-0.25, -0.2) is 14.8 Å². The molecule has 1 aliphatic rings. The highest BCUT2D eigenvalue weighted by Gasteiger charge is 2.38. The Morgan fingerprint density at radius 2 is 1.91 bits per heavy atom. The summed E-state index contributed by atoms with van der Waals surface area (Å²) in [6.07, 6.45) is 2.38. The molecular weight excluding hydrogens is 425 g/mol. The minimum atomic E-state index is -5.08. The van der Waals surface area contributed by atoms with Crippen molar-refractivity contribution in [3.8, 4) is 11.3 Å². The van der Waals surface area contributed by atoms with Crippen LogP contribution in [0.1, 0.15) is 22.6 Å². The summed E-state index contributed by atoms with van der Waals surface area (Å²) in [4.78, 5) is 25.1. The number of alkyl halides is 3. The lowest BCUT2D eigenvalue weighted by atomic mass is 10.0. The molecule has 1 N–H and O–H groups in total. The molecule has 4 rings (SSSR count). The number of nitrogens with zero attached hydrogens (tertiary/aromatic N) is 6. The summed E-state index contributed by atoms with van der Waals surface area (Å²) in [7, 11) is 1.93. The summed E-state index contributed by atoms with van der Waals surface area (Å²) in [6.45, 7) is 4.90. The number of hydrogen-bond acceptors (Lipinski definition) is 6. The van der Waals surface area contributed by atoms with Crippen LogP contribution in [0.5, 0.6) is 0 Å². The van der Waals surface area contributed by atoms with Crippen molar-refractivity contribution in [1.29, 1.82) is 0 Å². The Bertz CT molecular complexity index is 1080. The molecule has 11 heteroatoms. The summed E-state index contributed by atoms with van der Waals surface area (Å²) >= 11 is 0. The van der Waals surface area contributed by atoms with Crippen molar-refractivity contribution in [3.05, 3.63) is 59.6 Å². The SMILES string of the molecule is Cc1cccc(CN2CCc3ncnc(-c4cnn(C)c4)c3CC2)n1.O=C(O)C(F)(F)F. The number of carboxylic acid groups (broad SMARTS) is 1. The smallest absolute Gasteiger partial charge is 0.475 e. The lowest BCUT2D eigenvalue weighted by molar-refractivity contribution is -0.192. The van der Waals surface area contributed by atoms with Crippen LogP contribution in [0, 0.1) is 6.92 Å². The summed E-state index contributed by atoms with van der Waals surface area (Å²) in [5.74, 6) is -2.76. The Morgan fingerprint density at radius 1 is 1.19 bits per heavy atom. The minimum Gasteiger partial charge on any atom is -0.475 e. The van der Waals surface area contributed by atoms with Gasteiger partial charge in [-0.1, -0.05) is 6.07 Å². The zero-order chi connectivity index (χ0) is 23.3. The lowest BCUT2D eigenvalue weighted by Crippen LogP contribution is -2.26. The highest BCUT2D eigenvalue weighted by Crippen LogP contribution is 2.25. The molecule has 3 aromatic heterocycles. The number of fused-ring (bicyclic) bond motifs is 1. The van der Waals surface area contributed by atoms with E-state index in [0.717, 1.165) is 60.8 Å². The monoisotopic (exact) mass is 448 g/mol. The van der Waals surface area contributed by atoms with Crippen LogP contribution < -0.4 is 0 Å². The topological polar surface area (TPSA) is 97.0 Å². The van der Waals surface area contributed by atoms with Gasteiger partial charge in [0.15, 0.2) is 0 Å². The molecule has 3 aromatic rings. The molecule has 170 valence electrons. The highest BCUT2D eigenvalue weighted by atomic mass is 19.4. The average Bonchev–Trinajstić information content (AvgIpc) is 3.05. The summed E-state index contributed by atoms with van der Waals surface area (Å²) < 4.78 is 33.6. The normalized spacial score (nSPS) is 14.2. The fourth-order valence-corrected chi connectivity index (χ4v) is 3.44. The Balaban J connectivity index is 0.000000360. The van der Waals surface area contributed by atoms with E-state index in [1.54, 1.807) is 6.33 Å². The van der Waals surface area contributed by atoms with Gasteiger partial charge in [0.05, 0.1) is 17.6 Å². The van der Waals surface area contributed by atoms with E-state index in [9.17, 15) is 13.2 Å². The lowest BCUT2D eigenvalue weighted by Gasteiger charge is -2.19. The number of carbonyl (C=O) groups is 1. The number of hydrogen-bond donors (Lipinski definition) is 1. The van der Waals surface area contributed by atoms with Gasteiger partial charge in [0, 0.05) is 61.8 Å². The molecule has 0 radical (unpaired) electrons. The van der Waals surface area contributed by atoms with E-state index >= 15 is 0 Å². The van der Waals surface area contributed by atoms with Gasteiger partial charge >= 0.3 is 12.1 Å². The molecule has 0 fully saturated rings. The molecular formula is C21H23F3N6O2. The first-order valence-corrected chi connectivity index (χ1v) is 9.90. The average molecular weight is 448 g/mol. The van der Waals surface area contributed by atoms with E-state index in [1.165, 1.54) is 5.56 Å². The Hall–Kier alpha value is -3.34. The third-order valence-electron chi connectivity index (χ3n) is 4.93.